The molecule has 3 heterocycles. The maximum absolute atomic E-state index is 14.2. The summed E-state index contributed by atoms with van der Waals surface area (Å²) in [6.07, 6.45) is 5.19. The molecule has 0 N–H and O–H groups in total. The lowest BCUT2D eigenvalue weighted by molar-refractivity contribution is -0.138. The Morgan fingerprint density at radius 1 is 1.00 bits per heavy atom. The van der Waals surface area contributed by atoms with Crippen LogP contribution in [0.4, 0.5) is 0 Å². The average Bonchev–Trinajstić information content (AvgIpc) is 3.60. The highest BCUT2D eigenvalue weighted by atomic mass is 32.1. The van der Waals surface area contributed by atoms with Crippen molar-refractivity contribution in [2.24, 2.45) is 4.99 Å². The number of para-hydroxylation sites is 1. The summed E-state index contributed by atoms with van der Waals surface area (Å²) in [4.78, 5) is 44.1. The predicted molar refractivity (Wildman–Crippen MR) is 172 cm³/mol. The number of esters is 2. The number of carbonyl (C=O) groups excluding carboxylic acids is 2. The molecule has 1 aliphatic rings. The van der Waals surface area contributed by atoms with Gasteiger partial charge in [0.15, 0.2) is 4.80 Å². The van der Waals surface area contributed by atoms with Gasteiger partial charge in [-0.15, -0.1) is 0 Å². The summed E-state index contributed by atoms with van der Waals surface area (Å²) in [7, 11) is 0. The van der Waals surface area contributed by atoms with Crippen molar-refractivity contribution in [1.82, 2.24) is 14.3 Å². The van der Waals surface area contributed by atoms with Gasteiger partial charge in [-0.2, -0.15) is 5.10 Å². The van der Waals surface area contributed by atoms with E-state index in [4.69, 9.17) is 14.6 Å². The summed E-state index contributed by atoms with van der Waals surface area (Å²) >= 11 is 1.23. The Kier molecular flexibility index (Phi) is 8.22. The van der Waals surface area contributed by atoms with Crippen LogP contribution in [0.3, 0.4) is 0 Å². The Balaban J connectivity index is 1.52. The molecule has 1 atom stereocenters. The highest BCUT2D eigenvalue weighted by Crippen LogP contribution is 2.32. The van der Waals surface area contributed by atoms with Gasteiger partial charge in [0, 0.05) is 24.2 Å². The molecule has 0 radical (unpaired) electrons. The fourth-order valence-electron chi connectivity index (χ4n) is 5.16. The molecule has 9 nitrogen and oxygen atoms in total. The summed E-state index contributed by atoms with van der Waals surface area (Å²) < 4.78 is 14.3. The lowest BCUT2D eigenvalue weighted by atomic mass is 9.96. The summed E-state index contributed by atoms with van der Waals surface area (Å²) in [5.74, 6) is -0.709. The van der Waals surface area contributed by atoms with Gasteiger partial charge in [-0.3, -0.25) is 14.2 Å². The summed E-state index contributed by atoms with van der Waals surface area (Å²) in [6.45, 7) is 6.67. The van der Waals surface area contributed by atoms with Gasteiger partial charge in [0.05, 0.1) is 33.2 Å². The van der Waals surface area contributed by atoms with Crippen LogP contribution in [0.2, 0.25) is 0 Å². The number of hydrogen-bond acceptors (Lipinski definition) is 8. The van der Waals surface area contributed by atoms with Crippen molar-refractivity contribution in [2.45, 2.75) is 19.9 Å². The largest absolute Gasteiger partial charge is 0.458 e. The molecule has 5 aromatic rings. The van der Waals surface area contributed by atoms with Crippen molar-refractivity contribution in [3.05, 3.63) is 146 Å². The molecular formula is C35H28N4O5S. The van der Waals surface area contributed by atoms with E-state index in [1.165, 1.54) is 28.9 Å². The zero-order valence-electron chi connectivity index (χ0n) is 24.5. The van der Waals surface area contributed by atoms with Crippen molar-refractivity contribution < 1.29 is 19.1 Å². The number of hydrogen-bond donors (Lipinski definition) is 0. The maximum atomic E-state index is 14.2. The third kappa shape index (κ3) is 5.96. The first-order chi connectivity index (χ1) is 21.8. The van der Waals surface area contributed by atoms with Gasteiger partial charge in [-0.05, 0) is 42.8 Å². The van der Waals surface area contributed by atoms with Crippen LogP contribution in [0.15, 0.2) is 125 Å². The first kappa shape index (κ1) is 29.5. The van der Waals surface area contributed by atoms with Crippen LogP contribution >= 0.6 is 11.3 Å². The van der Waals surface area contributed by atoms with Gasteiger partial charge >= 0.3 is 11.9 Å². The number of nitrogens with zero attached hydrogens (tertiary/aromatic N) is 4. The van der Waals surface area contributed by atoms with Gasteiger partial charge in [0.1, 0.15) is 12.4 Å². The van der Waals surface area contributed by atoms with Crippen LogP contribution in [0.5, 0.6) is 5.75 Å². The van der Waals surface area contributed by atoms with Gasteiger partial charge in [0.25, 0.3) is 5.56 Å². The number of thiazole rings is 1. The molecule has 45 heavy (non-hydrogen) atoms. The van der Waals surface area contributed by atoms with E-state index in [0.29, 0.717) is 32.0 Å². The van der Waals surface area contributed by atoms with Crippen molar-refractivity contribution >= 4 is 29.4 Å². The third-order valence-electron chi connectivity index (χ3n) is 7.13. The molecule has 0 saturated carbocycles. The number of aromatic nitrogens is 3. The molecule has 10 heteroatoms. The van der Waals surface area contributed by atoms with Gasteiger partial charge < -0.3 is 9.47 Å². The topological polar surface area (TPSA) is 105 Å². The Labute approximate surface area is 262 Å². The van der Waals surface area contributed by atoms with E-state index in [1.807, 2.05) is 72.9 Å². The van der Waals surface area contributed by atoms with E-state index in [2.05, 4.69) is 11.6 Å². The molecule has 0 bridgehead atoms. The Morgan fingerprint density at radius 3 is 2.36 bits per heavy atom. The lowest BCUT2D eigenvalue weighted by Crippen LogP contribution is -2.39. The maximum Gasteiger partial charge on any atom is 0.338 e. The van der Waals surface area contributed by atoms with E-state index < -0.39 is 18.0 Å². The van der Waals surface area contributed by atoms with E-state index in [-0.39, 0.29) is 17.7 Å². The number of fused-ring (bicyclic) bond motifs is 1. The first-order valence-corrected chi connectivity index (χ1v) is 14.9. The standard InChI is InChI=1S/C35H28N4O5S/c1-4-19-43-34(42)30-22(2)36-35-39(32(30)25-15-17-28(18-16-25)44-23(3)40)33(41)29(45-35)20-26-21-38(27-13-9-6-10-14-27)37-31(26)24-11-7-5-8-12-24/h4-18,20-21,32H,1,19H2,2-3H3. The van der Waals surface area contributed by atoms with Crippen LogP contribution < -0.4 is 19.6 Å². The SMILES string of the molecule is C=CCOC(=O)C1=C(C)N=c2sc(=Cc3cn(-c4ccccc4)nc3-c3ccccc3)c(=O)n2C1c1ccc(OC(C)=O)cc1. The molecule has 6 rings (SSSR count). The van der Waals surface area contributed by atoms with E-state index in [9.17, 15) is 14.4 Å². The molecule has 2 aromatic heterocycles. The molecule has 0 amide bonds. The minimum absolute atomic E-state index is 0.00576. The van der Waals surface area contributed by atoms with Crippen LogP contribution in [-0.4, -0.2) is 32.9 Å². The molecule has 3 aromatic carbocycles. The van der Waals surface area contributed by atoms with Crippen LogP contribution in [-0.2, 0) is 14.3 Å². The zero-order chi connectivity index (χ0) is 31.5. The Morgan fingerprint density at radius 2 is 1.69 bits per heavy atom. The average molecular weight is 617 g/mol. The fraction of sp³-hybridized carbons (Fsp3) is 0.114. The summed E-state index contributed by atoms with van der Waals surface area (Å²) in [5, 5.41) is 4.87. The van der Waals surface area contributed by atoms with Crippen molar-refractivity contribution in [3.63, 3.8) is 0 Å². The van der Waals surface area contributed by atoms with E-state index in [1.54, 1.807) is 35.9 Å². The Hall–Kier alpha value is -5.61. The highest BCUT2D eigenvalue weighted by Gasteiger charge is 2.33. The molecule has 224 valence electrons. The van der Waals surface area contributed by atoms with E-state index >= 15 is 0 Å². The second-order valence-corrected chi connectivity index (χ2v) is 11.2. The molecule has 0 fully saturated rings. The van der Waals surface area contributed by atoms with Gasteiger partial charge in [-0.1, -0.05) is 84.7 Å². The van der Waals surface area contributed by atoms with Crippen LogP contribution in [0.1, 0.15) is 31.0 Å². The Bertz CT molecular complexity index is 2130. The molecule has 1 aliphatic heterocycles. The third-order valence-corrected chi connectivity index (χ3v) is 8.11. The predicted octanol–water partition coefficient (Wildman–Crippen LogP) is 4.74. The summed E-state index contributed by atoms with van der Waals surface area (Å²) in [5.41, 5.74) is 4.23. The minimum atomic E-state index is -0.826. The number of rotatable bonds is 8. The molecule has 1 unspecified atom stereocenters. The lowest BCUT2D eigenvalue weighted by Gasteiger charge is -2.24. The van der Waals surface area contributed by atoms with Gasteiger partial charge in [-0.25, -0.2) is 14.5 Å². The smallest absolute Gasteiger partial charge is 0.338 e. The highest BCUT2D eigenvalue weighted by molar-refractivity contribution is 7.07. The summed E-state index contributed by atoms with van der Waals surface area (Å²) in [6, 6.07) is 25.4. The number of allylic oxidation sites excluding steroid dienone is 1. The van der Waals surface area contributed by atoms with Crippen LogP contribution in [0.25, 0.3) is 23.0 Å². The van der Waals surface area contributed by atoms with Crippen molar-refractivity contribution in [3.8, 4) is 22.7 Å². The molecule has 0 saturated heterocycles. The molecule has 0 aliphatic carbocycles. The first-order valence-electron chi connectivity index (χ1n) is 14.1. The normalized spacial score (nSPS) is 14.4. The van der Waals surface area contributed by atoms with E-state index in [0.717, 1.165) is 16.8 Å². The molecule has 0 spiro atoms. The van der Waals surface area contributed by atoms with Crippen LogP contribution in [0, 0.1) is 0 Å². The minimum Gasteiger partial charge on any atom is -0.458 e. The second kappa shape index (κ2) is 12.6. The fourth-order valence-corrected chi connectivity index (χ4v) is 6.20. The van der Waals surface area contributed by atoms with Crippen molar-refractivity contribution in [1.29, 1.82) is 0 Å². The van der Waals surface area contributed by atoms with Gasteiger partial charge in [0.2, 0.25) is 0 Å². The van der Waals surface area contributed by atoms with Crippen molar-refractivity contribution in [2.75, 3.05) is 6.61 Å². The number of benzene rings is 3. The number of ether oxygens (including phenoxy) is 2. The monoisotopic (exact) mass is 616 g/mol. The number of carbonyl (C=O) groups is 2. The zero-order valence-corrected chi connectivity index (χ0v) is 25.4. The quantitative estimate of drug-likeness (QED) is 0.142. The second-order valence-electron chi connectivity index (χ2n) is 10.2. The molecular weight excluding hydrogens is 588 g/mol.